The van der Waals surface area contributed by atoms with Crippen molar-refractivity contribution in [3.05, 3.63) is 54.4 Å². The number of likely N-dealkylation sites (N-methyl/N-ethyl adjacent to an activating group) is 1. The predicted octanol–water partition coefficient (Wildman–Crippen LogP) is 4.72. The highest BCUT2D eigenvalue weighted by atomic mass is 35.5. The number of methoxy groups -OCH3 is 1. The molecule has 0 saturated carbocycles. The second-order valence-corrected chi connectivity index (χ2v) is 8.46. The number of aryl methyl sites for hydroxylation is 1. The van der Waals surface area contributed by atoms with E-state index in [-0.39, 0.29) is 12.4 Å². The van der Waals surface area contributed by atoms with Crippen molar-refractivity contribution in [2.45, 2.75) is 13.8 Å². The Kier molecular flexibility index (Phi) is 7.57. The Hall–Kier alpha value is -3.56. The maximum Gasteiger partial charge on any atom is 0.229 e. The molecule has 0 aliphatic carbocycles. The van der Waals surface area contributed by atoms with Gasteiger partial charge in [0.15, 0.2) is 0 Å². The quantitative estimate of drug-likeness (QED) is 0.340. The Morgan fingerprint density at radius 3 is 2.54 bits per heavy atom. The van der Waals surface area contributed by atoms with E-state index >= 15 is 0 Å². The van der Waals surface area contributed by atoms with Gasteiger partial charge in [-0.2, -0.15) is 10.1 Å². The minimum absolute atomic E-state index is 0. The van der Waals surface area contributed by atoms with E-state index < -0.39 is 0 Å². The van der Waals surface area contributed by atoms with Crippen molar-refractivity contribution >= 4 is 52.1 Å². The molecule has 2 aromatic carbocycles. The van der Waals surface area contributed by atoms with Crippen LogP contribution in [0.4, 0.5) is 28.8 Å². The number of nitrogens with zero attached hydrogens (tertiary/aromatic N) is 5. The number of benzene rings is 2. The summed E-state index contributed by atoms with van der Waals surface area (Å²) in [6.07, 6.45) is 3.62. The van der Waals surface area contributed by atoms with E-state index in [9.17, 15) is 0 Å². The fourth-order valence-electron chi connectivity index (χ4n) is 4.23. The molecule has 0 atom stereocenters. The van der Waals surface area contributed by atoms with Crippen LogP contribution in [-0.4, -0.2) is 64.9 Å². The fraction of sp³-hybridized carbons (Fsp3) is 0.320. The molecule has 1 fully saturated rings. The molecule has 2 aromatic heterocycles. The fourth-order valence-corrected chi connectivity index (χ4v) is 4.23. The van der Waals surface area contributed by atoms with E-state index in [0.717, 1.165) is 77.8 Å². The number of hydrogen-bond acceptors (Lipinski definition) is 8. The number of anilines is 5. The number of rotatable bonds is 7. The van der Waals surface area contributed by atoms with Gasteiger partial charge in [0.2, 0.25) is 5.95 Å². The van der Waals surface area contributed by atoms with Crippen LogP contribution in [0.15, 0.2) is 48.8 Å². The van der Waals surface area contributed by atoms with Crippen LogP contribution in [0, 0.1) is 6.92 Å². The molecule has 184 valence electrons. The van der Waals surface area contributed by atoms with Crippen molar-refractivity contribution in [2.24, 2.45) is 0 Å². The third-order valence-corrected chi connectivity index (χ3v) is 6.27. The van der Waals surface area contributed by atoms with Gasteiger partial charge in [-0.15, -0.1) is 12.4 Å². The molecule has 0 unspecified atom stereocenters. The van der Waals surface area contributed by atoms with Crippen LogP contribution in [0.5, 0.6) is 5.75 Å². The van der Waals surface area contributed by atoms with E-state index in [1.807, 2.05) is 49.6 Å². The van der Waals surface area contributed by atoms with Gasteiger partial charge in [0.05, 0.1) is 24.5 Å². The Bertz CT molecular complexity index is 1290. The summed E-state index contributed by atoms with van der Waals surface area (Å²) in [4.78, 5) is 14.0. The third kappa shape index (κ3) is 5.41. The number of hydrogen-bond donors (Lipinski definition) is 3. The smallest absolute Gasteiger partial charge is 0.229 e. The molecule has 5 rings (SSSR count). The summed E-state index contributed by atoms with van der Waals surface area (Å²) in [5.41, 5.74) is 4.85. The van der Waals surface area contributed by atoms with Crippen LogP contribution < -0.4 is 20.3 Å². The molecule has 0 spiro atoms. The Labute approximate surface area is 211 Å². The summed E-state index contributed by atoms with van der Waals surface area (Å²) in [6, 6.07) is 12.2. The second-order valence-electron chi connectivity index (χ2n) is 8.46. The van der Waals surface area contributed by atoms with Gasteiger partial charge in [-0.25, -0.2) is 4.98 Å². The molecule has 1 aliphatic heterocycles. The lowest BCUT2D eigenvalue weighted by Crippen LogP contribution is -2.46. The average Bonchev–Trinajstić information content (AvgIpc) is 3.34. The summed E-state index contributed by atoms with van der Waals surface area (Å²) in [7, 11) is 1.71. The molecule has 4 aromatic rings. The van der Waals surface area contributed by atoms with Crippen molar-refractivity contribution in [1.82, 2.24) is 25.1 Å². The monoisotopic (exact) mass is 494 g/mol. The maximum absolute atomic E-state index is 5.72. The first-order chi connectivity index (χ1) is 16.6. The number of halogens is 1. The molecule has 3 heterocycles. The number of aromatic amines is 1. The van der Waals surface area contributed by atoms with Gasteiger partial charge >= 0.3 is 0 Å². The Morgan fingerprint density at radius 1 is 1.00 bits per heavy atom. The number of nitrogens with one attached hydrogen (secondary N) is 3. The maximum atomic E-state index is 5.72. The summed E-state index contributed by atoms with van der Waals surface area (Å²) in [5.74, 6) is 2.10. The second kappa shape index (κ2) is 10.8. The SMILES string of the molecule is CCN1CCN(c2ccc(Nc3ncc(C)c(Nc4ccc5cn[nH]c5c4)n3)cc2OC)CC1.Cl. The van der Waals surface area contributed by atoms with Crippen molar-refractivity contribution in [1.29, 1.82) is 0 Å². The highest BCUT2D eigenvalue weighted by molar-refractivity contribution is 5.85. The van der Waals surface area contributed by atoms with E-state index in [4.69, 9.17) is 9.72 Å². The average molecular weight is 495 g/mol. The van der Waals surface area contributed by atoms with E-state index in [1.165, 1.54) is 0 Å². The number of ether oxygens (including phenoxy) is 1. The van der Waals surface area contributed by atoms with Gasteiger partial charge in [0.1, 0.15) is 11.6 Å². The van der Waals surface area contributed by atoms with Gasteiger partial charge in [-0.05, 0) is 43.8 Å². The molecule has 0 amide bonds. The summed E-state index contributed by atoms with van der Waals surface area (Å²) >= 11 is 0. The molecule has 0 radical (unpaired) electrons. The van der Waals surface area contributed by atoms with Crippen molar-refractivity contribution in [3.63, 3.8) is 0 Å². The lowest BCUT2D eigenvalue weighted by atomic mass is 10.2. The van der Waals surface area contributed by atoms with Gasteiger partial charge in [-0.1, -0.05) is 6.92 Å². The zero-order chi connectivity index (χ0) is 23.5. The number of H-pyrrole nitrogens is 1. The van der Waals surface area contributed by atoms with Crippen molar-refractivity contribution < 1.29 is 4.74 Å². The molecule has 1 saturated heterocycles. The molecular formula is C25H31ClN8O. The van der Waals surface area contributed by atoms with Crippen LogP contribution in [-0.2, 0) is 0 Å². The van der Waals surface area contributed by atoms with Gasteiger partial charge < -0.3 is 25.2 Å². The van der Waals surface area contributed by atoms with Gasteiger partial charge in [0.25, 0.3) is 0 Å². The predicted molar refractivity (Wildman–Crippen MR) is 144 cm³/mol. The van der Waals surface area contributed by atoms with Crippen LogP contribution in [0.1, 0.15) is 12.5 Å². The van der Waals surface area contributed by atoms with Crippen LogP contribution in [0.25, 0.3) is 10.9 Å². The molecule has 9 nitrogen and oxygen atoms in total. The van der Waals surface area contributed by atoms with Gasteiger partial charge in [-0.3, -0.25) is 5.10 Å². The minimum atomic E-state index is 0. The summed E-state index contributed by atoms with van der Waals surface area (Å²) in [6.45, 7) is 9.42. The van der Waals surface area contributed by atoms with Crippen molar-refractivity contribution in [2.75, 3.05) is 55.4 Å². The highest BCUT2D eigenvalue weighted by Crippen LogP contribution is 2.33. The zero-order valence-electron chi connectivity index (χ0n) is 20.2. The van der Waals surface area contributed by atoms with Gasteiger partial charge in [0, 0.05) is 60.8 Å². The van der Waals surface area contributed by atoms with E-state index in [1.54, 1.807) is 7.11 Å². The number of fused-ring (bicyclic) bond motifs is 1. The first-order valence-electron chi connectivity index (χ1n) is 11.6. The largest absolute Gasteiger partial charge is 0.495 e. The first-order valence-corrected chi connectivity index (χ1v) is 11.6. The standard InChI is InChI=1S/C25H30N8O.ClH/c1-4-32-9-11-33(12-10-32)22-8-7-20(14-23(22)34-3)29-25-26-15-17(2)24(30-25)28-19-6-5-18-16-27-31-21(18)13-19;/h5-8,13-16H,4,9-12H2,1-3H3,(H,27,31)(H2,26,28,29,30);1H. The van der Waals surface area contributed by atoms with Crippen LogP contribution in [0.3, 0.4) is 0 Å². The lowest BCUT2D eigenvalue weighted by molar-refractivity contribution is 0.270. The topological polar surface area (TPSA) is 94.2 Å². The van der Waals surface area contributed by atoms with Crippen LogP contribution in [0.2, 0.25) is 0 Å². The van der Waals surface area contributed by atoms with E-state index in [0.29, 0.717) is 5.95 Å². The molecule has 0 bridgehead atoms. The number of aromatic nitrogens is 4. The third-order valence-electron chi connectivity index (χ3n) is 6.27. The summed E-state index contributed by atoms with van der Waals surface area (Å²) in [5, 5.41) is 14.9. The molecule has 10 heteroatoms. The Balaban J connectivity index is 0.00000289. The Morgan fingerprint density at radius 2 is 1.77 bits per heavy atom. The molecule has 3 N–H and O–H groups in total. The summed E-state index contributed by atoms with van der Waals surface area (Å²) < 4.78 is 5.72. The minimum Gasteiger partial charge on any atom is -0.495 e. The zero-order valence-corrected chi connectivity index (χ0v) is 21.0. The van der Waals surface area contributed by atoms with Crippen molar-refractivity contribution in [3.8, 4) is 5.75 Å². The lowest BCUT2D eigenvalue weighted by Gasteiger charge is -2.36. The highest BCUT2D eigenvalue weighted by Gasteiger charge is 2.19. The normalized spacial score (nSPS) is 14.0. The molecular weight excluding hydrogens is 464 g/mol. The van der Waals surface area contributed by atoms with E-state index in [2.05, 4.69) is 48.6 Å². The van der Waals surface area contributed by atoms with Crippen LogP contribution >= 0.6 is 12.4 Å². The number of piperazine rings is 1. The molecule has 1 aliphatic rings. The first kappa shape index (κ1) is 24.6. The molecule has 35 heavy (non-hydrogen) atoms.